The molecule has 18 nitrogen and oxygen atoms in total. The molecule has 1 aliphatic carbocycles. The van der Waals surface area contributed by atoms with E-state index >= 15 is 0 Å². The molecule has 0 aliphatic heterocycles. The summed E-state index contributed by atoms with van der Waals surface area (Å²) < 4.78 is 49.3. The van der Waals surface area contributed by atoms with Crippen molar-refractivity contribution in [2.24, 2.45) is 0 Å². The number of ether oxygens (including phenoxy) is 2. The van der Waals surface area contributed by atoms with E-state index in [1.165, 1.54) is 38.5 Å². The predicted molar refractivity (Wildman–Crippen MR) is 271 cm³/mol. The molecule has 0 aromatic rings. The monoisotopic (exact) mass is 1050 g/mol. The smallest absolute Gasteiger partial charge is 0.462 e. The van der Waals surface area contributed by atoms with Gasteiger partial charge in [-0.1, -0.05) is 163 Å². The fraction of sp³-hybridized carbons (Fsp3) is 0.686. The molecule has 0 amide bonds. The fourth-order valence-electron chi connectivity index (χ4n) is 7.16. The Hall–Kier alpha value is -2.90. The summed E-state index contributed by atoms with van der Waals surface area (Å²) in [6.07, 6.45) is 28.8. The van der Waals surface area contributed by atoms with Crippen molar-refractivity contribution >= 4 is 27.6 Å². The highest BCUT2D eigenvalue weighted by Crippen LogP contribution is 2.49. The molecular formula is C51H86O18P2. The van der Waals surface area contributed by atoms with Gasteiger partial charge in [-0.2, -0.15) is 0 Å². The maximum Gasteiger partial charge on any atom is 0.472 e. The summed E-state index contributed by atoms with van der Waals surface area (Å²) in [5.41, 5.74) is 0. The Balaban J connectivity index is 2.66. The van der Waals surface area contributed by atoms with Gasteiger partial charge in [0.05, 0.1) is 18.8 Å². The summed E-state index contributed by atoms with van der Waals surface area (Å²) >= 11 is 0. The predicted octanol–water partition coefficient (Wildman–Crippen LogP) is 8.12. The summed E-state index contributed by atoms with van der Waals surface area (Å²) in [4.78, 5) is 54.4. The van der Waals surface area contributed by atoms with E-state index < -0.39 is 95.7 Å². The van der Waals surface area contributed by atoms with Crippen LogP contribution in [0.15, 0.2) is 85.1 Å². The number of aliphatic hydroxyl groups is 6. The molecule has 0 saturated heterocycles. The molecular weight excluding hydrogens is 962 g/mol. The molecule has 71 heavy (non-hydrogen) atoms. The summed E-state index contributed by atoms with van der Waals surface area (Å²) in [7, 11) is -10.7. The number of carbonyl (C=O) groups is 2. The standard InChI is InChI=1S/C51H86O18P2/c1-3-5-7-8-9-10-11-12-13-14-15-16-17-18-19-24-32-38-45(55)67-43(40-66-71(63,64)69-51-48(58)46(56)47(57)50(49(51)59)68-70(60,61)62)39-65-44(54)37-31-23-21-20-22-28-34-42(53)36-30-26-25-29-35-41(52)33-27-6-4-2/h6,12-13,21-23,25-30,35-36,41-43,46-53,56-59H,3-5,7-11,14-20,24,31-34,37-40H2,1-2H3,(H,63,64)(H2,60,61,62)/b13-12-,23-21-,26-25-,27-6-,28-22-,35-29+,36-30+/t41-,42+,43-,46?,47?,48?,49?,50-,51+/m1/s1. The SMILES string of the molecule is CC/C=C\C[C@@H](O)/C=C/C=C\C=C\[C@@H](O)C/C=C\C/C=C\CCC(=O)OC[C@H](COP(=O)(O)O[C@H]1C(O)C(O)C(O)[C@@H](OP(=O)(O)O)C1O)OC(=O)CCCCCCCCC/C=C\CCCCCCCC. The lowest BCUT2D eigenvalue weighted by molar-refractivity contribution is -0.216. The van der Waals surface area contributed by atoms with Gasteiger partial charge < -0.3 is 54.8 Å². The van der Waals surface area contributed by atoms with Gasteiger partial charge in [0.2, 0.25) is 0 Å². The van der Waals surface area contributed by atoms with Gasteiger partial charge in [0.1, 0.15) is 43.2 Å². The van der Waals surface area contributed by atoms with Crippen LogP contribution in [0.25, 0.3) is 0 Å². The third-order valence-electron chi connectivity index (χ3n) is 11.1. The van der Waals surface area contributed by atoms with Gasteiger partial charge in [-0.15, -0.1) is 0 Å². The van der Waals surface area contributed by atoms with Crippen LogP contribution in [-0.4, -0.2) is 125 Å². The first-order chi connectivity index (χ1) is 33.9. The van der Waals surface area contributed by atoms with Crippen LogP contribution in [0.3, 0.4) is 0 Å². The first-order valence-corrected chi connectivity index (χ1v) is 28.4. The molecule has 0 spiro atoms. The van der Waals surface area contributed by atoms with E-state index in [9.17, 15) is 64.0 Å². The Kier molecular flexibility index (Phi) is 37.7. The molecule has 408 valence electrons. The number of carbonyl (C=O) groups excluding carboxylic acids is 2. The second-order valence-corrected chi connectivity index (χ2v) is 20.1. The van der Waals surface area contributed by atoms with Crippen molar-refractivity contribution in [2.45, 2.75) is 210 Å². The molecule has 9 N–H and O–H groups in total. The van der Waals surface area contributed by atoms with E-state index in [1.807, 2.05) is 37.3 Å². The zero-order valence-corrected chi connectivity index (χ0v) is 43.6. The Morgan fingerprint density at radius 2 is 1.04 bits per heavy atom. The van der Waals surface area contributed by atoms with Gasteiger partial charge in [-0.05, 0) is 64.2 Å². The average Bonchev–Trinajstić information content (AvgIpc) is 3.32. The lowest BCUT2D eigenvalue weighted by Gasteiger charge is -2.43. The van der Waals surface area contributed by atoms with Crippen molar-refractivity contribution in [1.82, 2.24) is 0 Å². The Labute approximate surface area is 421 Å². The van der Waals surface area contributed by atoms with Crippen molar-refractivity contribution in [1.29, 1.82) is 0 Å². The Bertz CT molecular complexity index is 1720. The van der Waals surface area contributed by atoms with Gasteiger partial charge in [0.25, 0.3) is 0 Å². The number of aliphatic hydroxyl groups excluding tert-OH is 6. The number of phosphoric acid groups is 2. The van der Waals surface area contributed by atoms with Crippen molar-refractivity contribution < 1.29 is 87.1 Å². The minimum Gasteiger partial charge on any atom is -0.462 e. The normalized spacial score (nSPS) is 22.5. The number of rotatable bonds is 41. The number of esters is 2. The zero-order valence-electron chi connectivity index (χ0n) is 41.8. The number of phosphoric ester groups is 2. The summed E-state index contributed by atoms with van der Waals surface area (Å²) in [5.74, 6) is -1.38. The molecule has 0 heterocycles. The van der Waals surface area contributed by atoms with E-state index in [-0.39, 0.29) is 12.8 Å². The van der Waals surface area contributed by atoms with Crippen molar-refractivity contribution in [3.8, 4) is 0 Å². The fourth-order valence-corrected chi connectivity index (χ4v) is 8.70. The quantitative estimate of drug-likeness (QED) is 0.00918. The minimum atomic E-state index is -5.39. The molecule has 1 rings (SSSR count). The van der Waals surface area contributed by atoms with Gasteiger partial charge >= 0.3 is 27.6 Å². The molecule has 0 aromatic heterocycles. The molecule has 1 saturated carbocycles. The van der Waals surface area contributed by atoms with Gasteiger partial charge in [-0.3, -0.25) is 23.2 Å². The van der Waals surface area contributed by atoms with E-state index in [2.05, 4.69) is 23.6 Å². The lowest BCUT2D eigenvalue weighted by Crippen LogP contribution is -2.64. The highest BCUT2D eigenvalue weighted by molar-refractivity contribution is 7.47. The van der Waals surface area contributed by atoms with Crippen LogP contribution in [0.4, 0.5) is 0 Å². The highest BCUT2D eigenvalue weighted by Gasteiger charge is 2.54. The Morgan fingerprint density at radius 1 is 0.535 bits per heavy atom. The lowest BCUT2D eigenvalue weighted by atomic mass is 9.85. The van der Waals surface area contributed by atoms with Crippen LogP contribution in [0.5, 0.6) is 0 Å². The van der Waals surface area contributed by atoms with E-state index in [4.69, 9.17) is 18.5 Å². The number of hydrogen-bond donors (Lipinski definition) is 9. The molecule has 0 bridgehead atoms. The first-order valence-electron chi connectivity index (χ1n) is 25.3. The second-order valence-electron chi connectivity index (χ2n) is 17.6. The number of hydrogen-bond acceptors (Lipinski definition) is 15. The van der Waals surface area contributed by atoms with Crippen molar-refractivity contribution in [2.75, 3.05) is 13.2 Å². The van der Waals surface area contributed by atoms with E-state index in [0.717, 1.165) is 57.8 Å². The molecule has 1 fully saturated rings. The molecule has 0 radical (unpaired) electrons. The van der Waals surface area contributed by atoms with Crippen LogP contribution < -0.4 is 0 Å². The average molecular weight is 1050 g/mol. The van der Waals surface area contributed by atoms with Crippen LogP contribution in [-0.2, 0) is 41.8 Å². The number of unbranched alkanes of at least 4 members (excludes halogenated alkanes) is 13. The van der Waals surface area contributed by atoms with Crippen molar-refractivity contribution in [3.05, 3.63) is 85.1 Å². The van der Waals surface area contributed by atoms with E-state index in [1.54, 1.807) is 42.5 Å². The zero-order chi connectivity index (χ0) is 52.8. The van der Waals surface area contributed by atoms with Crippen LogP contribution in [0, 0.1) is 0 Å². The topological polar surface area (TPSA) is 296 Å². The van der Waals surface area contributed by atoms with Crippen LogP contribution in [0.1, 0.15) is 155 Å². The largest absolute Gasteiger partial charge is 0.472 e. The second kappa shape index (κ2) is 40.5. The summed E-state index contributed by atoms with van der Waals surface area (Å²) in [6, 6.07) is 0. The van der Waals surface area contributed by atoms with Gasteiger partial charge in [0, 0.05) is 12.8 Å². The molecule has 10 atom stereocenters. The summed E-state index contributed by atoms with van der Waals surface area (Å²) in [5, 5.41) is 61.3. The molecule has 5 unspecified atom stereocenters. The molecule has 1 aliphatic rings. The van der Waals surface area contributed by atoms with E-state index in [0.29, 0.717) is 32.1 Å². The first kappa shape index (κ1) is 66.1. The maximum absolute atomic E-state index is 13.0. The molecule has 20 heteroatoms. The third kappa shape index (κ3) is 35.0. The Morgan fingerprint density at radius 3 is 1.61 bits per heavy atom. The summed E-state index contributed by atoms with van der Waals surface area (Å²) in [6.45, 7) is 2.77. The van der Waals surface area contributed by atoms with Gasteiger partial charge in [0.15, 0.2) is 6.10 Å². The van der Waals surface area contributed by atoms with Gasteiger partial charge in [-0.25, -0.2) is 9.13 Å². The van der Waals surface area contributed by atoms with Crippen LogP contribution in [0.2, 0.25) is 0 Å². The maximum atomic E-state index is 13.0. The number of allylic oxidation sites excluding steroid dienone is 10. The minimum absolute atomic E-state index is 0.00290. The highest BCUT2D eigenvalue weighted by atomic mass is 31.2. The molecule has 0 aromatic carbocycles. The third-order valence-corrected chi connectivity index (χ3v) is 12.6. The van der Waals surface area contributed by atoms with Crippen molar-refractivity contribution in [3.63, 3.8) is 0 Å². The van der Waals surface area contributed by atoms with Crippen LogP contribution >= 0.6 is 15.6 Å².